The summed E-state index contributed by atoms with van der Waals surface area (Å²) in [6.45, 7) is 0. The first-order valence-corrected chi connectivity index (χ1v) is 21.0. The molecule has 62 heavy (non-hydrogen) atoms. The molecule has 288 valence electrons. The molecule has 0 atom stereocenters. The quantitative estimate of drug-likeness (QED) is 0.174. The van der Waals surface area contributed by atoms with Gasteiger partial charge in [-0.2, -0.15) is 0 Å². The highest BCUT2D eigenvalue weighted by Gasteiger charge is 2.20. The molecule has 5 heteroatoms. The highest BCUT2D eigenvalue weighted by atomic mass is 15.0. The zero-order valence-electron chi connectivity index (χ0n) is 33.4. The number of fused-ring (bicyclic) bond motifs is 9. The van der Waals surface area contributed by atoms with Gasteiger partial charge in [0.05, 0.1) is 22.1 Å². The van der Waals surface area contributed by atoms with Crippen LogP contribution in [-0.4, -0.2) is 24.1 Å². The van der Waals surface area contributed by atoms with Crippen LogP contribution in [0, 0.1) is 0 Å². The van der Waals surface area contributed by atoms with Crippen molar-refractivity contribution in [1.82, 2.24) is 24.1 Å². The second-order valence-electron chi connectivity index (χ2n) is 16.1. The van der Waals surface area contributed by atoms with Crippen LogP contribution in [0.3, 0.4) is 0 Å². The van der Waals surface area contributed by atoms with Gasteiger partial charge in [0.15, 0.2) is 17.5 Å². The molecule has 0 radical (unpaired) electrons. The third kappa shape index (κ3) is 5.38. The minimum Gasteiger partial charge on any atom is -0.309 e. The third-order valence-corrected chi connectivity index (χ3v) is 12.5. The summed E-state index contributed by atoms with van der Waals surface area (Å²) in [7, 11) is 0. The molecule has 10 aromatic carbocycles. The van der Waals surface area contributed by atoms with Crippen LogP contribution in [0.15, 0.2) is 212 Å². The molecule has 0 unspecified atom stereocenters. The molecular formula is C57H35N5. The second kappa shape index (κ2) is 13.6. The van der Waals surface area contributed by atoms with E-state index in [2.05, 4.69) is 203 Å². The second-order valence-corrected chi connectivity index (χ2v) is 16.1. The van der Waals surface area contributed by atoms with E-state index >= 15 is 0 Å². The Hall–Kier alpha value is -8.41. The fourth-order valence-corrected chi connectivity index (χ4v) is 9.60. The van der Waals surface area contributed by atoms with Crippen LogP contribution in [0.4, 0.5) is 0 Å². The molecule has 13 rings (SSSR count). The Morgan fingerprint density at radius 3 is 1.50 bits per heavy atom. The lowest BCUT2D eigenvalue weighted by Crippen LogP contribution is -2.02. The predicted octanol–water partition coefficient (Wildman–Crippen LogP) is 14.5. The van der Waals surface area contributed by atoms with E-state index in [0.29, 0.717) is 17.5 Å². The number of hydrogen-bond donors (Lipinski definition) is 0. The zero-order valence-corrected chi connectivity index (χ0v) is 33.4. The molecule has 3 aromatic heterocycles. The largest absolute Gasteiger partial charge is 0.309 e. The standard InChI is InChI=1S/C57H35N5/c1-2-15-37(16-3-1)55-58-56(41-27-26-36-14-4-5-17-38(36)30-41)60-57(59-55)50-35-44(31-40-18-6-7-19-45(40)50)62-53-25-13-10-22-48(53)49-33-39-28-29-43(32-42(39)34-54(49)62)61-51-23-11-8-20-46(51)47-21-9-12-24-52(47)61/h1-35H. The van der Waals surface area contributed by atoms with E-state index in [1.807, 2.05) is 18.2 Å². The molecule has 0 aliphatic rings. The molecule has 3 heterocycles. The molecule has 5 nitrogen and oxygen atoms in total. The van der Waals surface area contributed by atoms with Gasteiger partial charge in [0.25, 0.3) is 0 Å². The smallest absolute Gasteiger partial charge is 0.164 e. The van der Waals surface area contributed by atoms with Crippen molar-refractivity contribution in [2.45, 2.75) is 0 Å². The number of nitrogens with zero attached hydrogens (tertiary/aromatic N) is 5. The summed E-state index contributed by atoms with van der Waals surface area (Å²) in [4.78, 5) is 15.6. The maximum absolute atomic E-state index is 5.29. The van der Waals surface area contributed by atoms with E-state index in [1.54, 1.807) is 0 Å². The Morgan fingerprint density at radius 1 is 0.258 bits per heavy atom. The van der Waals surface area contributed by atoms with E-state index < -0.39 is 0 Å². The average molecular weight is 790 g/mol. The lowest BCUT2D eigenvalue weighted by atomic mass is 10.0. The number of para-hydroxylation sites is 3. The summed E-state index contributed by atoms with van der Waals surface area (Å²) in [6.07, 6.45) is 0. The first-order chi connectivity index (χ1) is 30.7. The average Bonchev–Trinajstić information content (AvgIpc) is 3.85. The van der Waals surface area contributed by atoms with E-state index in [1.165, 1.54) is 48.7 Å². The van der Waals surface area contributed by atoms with Crippen LogP contribution in [0.25, 0.3) is 121 Å². The maximum atomic E-state index is 5.29. The molecule has 0 spiro atoms. The SMILES string of the molecule is c1ccc(-c2nc(-c3ccc4ccccc4c3)nc(-c3cc(-n4c5ccccc5c5cc6ccc(-n7c8ccccc8c8ccccc87)cc6cc54)cc4ccccc34)n2)cc1. The van der Waals surface area contributed by atoms with Crippen molar-refractivity contribution >= 4 is 75.9 Å². The maximum Gasteiger partial charge on any atom is 0.164 e. The van der Waals surface area contributed by atoms with Gasteiger partial charge >= 0.3 is 0 Å². The summed E-state index contributed by atoms with van der Waals surface area (Å²) in [6, 6.07) is 75.9. The Labute approximate surface area is 356 Å². The minimum absolute atomic E-state index is 0.627. The first kappa shape index (κ1) is 34.5. The number of benzene rings is 10. The molecule has 0 aliphatic heterocycles. The molecule has 13 aromatic rings. The molecule has 0 saturated carbocycles. The van der Waals surface area contributed by atoms with Crippen LogP contribution in [0.5, 0.6) is 0 Å². The summed E-state index contributed by atoms with van der Waals surface area (Å²) in [5, 5.41) is 11.8. The van der Waals surface area contributed by atoms with Gasteiger partial charge in [-0.05, 0) is 93.0 Å². The van der Waals surface area contributed by atoms with Crippen LogP contribution in [-0.2, 0) is 0 Å². The predicted molar refractivity (Wildman–Crippen MR) is 257 cm³/mol. The minimum atomic E-state index is 0.627. The van der Waals surface area contributed by atoms with E-state index in [0.717, 1.165) is 55.3 Å². The fraction of sp³-hybridized carbons (Fsp3) is 0. The third-order valence-electron chi connectivity index (χ3n) is 12.5. The summed E-state index contributed by atoms with van der Waals surface area (Å²) >= 11 is 0. The van der Waals surface area contributed by atoms with Crippen LogP contribution >= 0.6 is 0 Å². The molecular weight excluding hydrogens is 755 g/mol. The molecule has 0 N–H and O–H groups in total. The fourth-order valence-electron chi connectivity index (χ4n) is 9.60. The molecule has 0 fully saturated rings. The van der Waals surface area contributed by atoms with Crippen molar-refractivity contribution in [3.63, 3.8) is 0 Å². The molecule has 0 aliphatic carbocycles. The monoisotopic (exact) mass is 789 g/mol. The van der Waals surface area contributed by atoms with Gasteiger partial charge in [-0.15, -0.1) is 0 Å². The summed E-state index contributed by atoms with van der Waals surface area (Å²) in [5.41, 5.74) is 9.67. The van der Waals surface area contributed by atoms with Gasteiger partial charge in [0.1, 0.15) is 0 Å². The van der Waals surface area contributed by atoms with Crippen LogP contribution in [0.1, 0.15) is 0 Å². The number of rotatable bonds is 5. The van der Waals surface area contributed by atoms with Crippen molar-refractivity contribution in [1.29, 1.82) is 0 Å². The van der Waals surface area contributed by atoms with Crippen molar-refractivity contribution < 1.29 is 0 Å². The van der Waals surface area contributed by atoms with E-state index in [4.69, 9.17) is 15.0 Å². The lowest BCUT2D eigenvalue weighted by Gasteiger charge is -2.15. The van der Waals surface area contributed by atoms with Gasteiger partial charge < -0.3 is 9.13 Å². The van der Waals surface area contributed by atoms with Gasteiger partial charge in [0.2, 0.25) is 0 Å². The van der Waals surface area contributed by atoms with Crippen LogP contribution in [0.2, 0.25) is 0 Å². The highest BCUT2D eigenvalue weighted by Crippen LogP contribution is 2.40. The first-order valence-electron chi connectivity index (χ1n) is 21.0. The van der Waals surface area contributed by atoms with Crippen LogP contribution < -0.4 is 0 Å². The van der Waals surface area contributed by atoms with Gasteiger partial charge in [-0.3, -0.25) is 0 Å². The normalized spacial score (nSPS) is 11.9. The molecule has 0 bridgehead atoms. The van der Waals surface area contributed by atoms with Gasteiger partial charge in [-0.1, -0.05) is 152 Å². The van der Waals surface area contributed by atoms with E-state index in [9.17, 15) is 0 Å². The summed E-state index contributed by atoms with van der Waals surface area (Å²) in [5.74, 6) is 1.90. The Bertz CT molecular complexity index is 3880. The van der Waals surface area contributed by atoms with Crippen molar-refractivity contribution in [3.8, 4) is 45.5 Å². The van der Waals surface area contributed by atoms with Gasteiger partial charge in [0, 0.05) is 49.6 Å². The van der Waals surface area contributed by atoms with Crippen molar-refractivity contribution in [2.24, 2.45) is 0 Å². The zero-order chi connectivity index (χ0) is 40.7. The Kier molecular flexibility index (Phi) is 7.54. The van der Waals surface area contributed by atoms with Crippen molar-refractivity contribution in [2.75, 3.05) is 0 Å². The number of aromatic nitrogens is 5. The Balaban J connectivity index is 1.05. The lowest BCUT2D eigenvalue weighted by molar-refractivity contribution is 1.07. The van der Waals surface area contributed by atoms with E-state index in [-0.39, 0.29) is 0 Å². The summed E-state index contributed by atoms with van der Waals surface area (Å²) < 4.78 is 4.81. The molecule has 0 amide bonds. The van der Waals surface area contributed by atoms with Gasteiger partial charge in [-0.25, -0.2) is 15.0 Å². The van der Waals surface area contributed by atoms with Crippen molar-refractivity contribution in [3.05, 3.63) is 212 Å². The Morgan fingerprint density at radius 2 is 0.774 bits per heavy atom. The highest BCUT2D eigenvalue weighted by molar-refractivity contribution is 6.15. The molecule has 0 saturated heterocycles. The topological polar surface area (TPSA) is 48.5 Å². The number of hydrogen-bond acceptors (Lipinski definition) is 3.